The van der Waals surface area contributed by atoms with Crippen LogP contribution in [0.25, 0.3) is 92.2 Å². The van der Waals surface area contributed by atoms with Crippen LogP contribution in [-0.4, -0.2) is 4.57 Å². The number of fused-ring (bicyclic) bond motifs is 13. The molecular weight excluding hydrogens is 695 g/mol. The maximum atomic E-state index is 2.49. The summed E-state index contributed by atoms with van der Waals surface area (Å²) >= 11 is 1.91. The van der Waals surface area contributed by atoms with Crippen LogP contribution in [0.1, 0.15) is 49.9 Å². The number of aromatic nitrogens is 1. The second kappa shape index (κ2) is 11.2. The second-order valence-electron chi connectivity index (χ2n) is 16.9. The Labute approximate surface area is 331 Å². The van der Waals surface area contributed by atoms with Crippen LogP contribution in [0.5, 0.6) is 0 Å². The van der Waals surface area contributed by atoms with E-state index >= 15 is 0 Å². The predicted molar refractivity (Wildman–Crippen MR) is 240 cm³/mol. The van der Waals surface area contributed by atoms with Gasteiger partial charge in [0.2, 0.25) is 0 Å². The molecule has 12 rings (SSSR count). The molecule has 0 amide bonds. The Balaban J connectivity index is 1.04. The van der Waals surface area contributed by atoms with Crippen LogP contribution in [-0.2, 0) is 10.8 Å². The van der Waals surface area contributed by atoms with Crippen LogP contribution in [0.15, 0.2) is 164 Å². The molecule has 0 saturated heterocycles. The highest BCUT2D eigenvalue weighted by atomic mass is 32.1. The molecule has 2 aromatic heterocycles. The van der Waals surface area contributed by atoms with E-state index in [1.165, 1.54) is 114 Å². The lowest BCUT2D eigenvalue weighted by molar-refractivity contribution is 0.660. The third-order valence-corrected chi connectivity index (χ3v) is 14.3. The molecule has 0 radical (unpaired) electrons. The summed E-state index contributed by atoms with van der Waals surface area (Å²) in [5.41, 5.74) is 19.5. The highest BCUT2D eigenvalue weighted by Crippen LogP contribution is 2.55. The first-order valence-electron chi connectivity index (χ1n) is 19.8. The molecule has 0 spiro atoms. The molecule has 1 nitrogen and oxygen atoms in total. The highest BCUT2D eigenvalue weighted by Gasteiger charge is 2.38. The van der Waals surface area contributed by atoms with Crippen molar-refractivity contribution < 1.29 is 0 Å². The Morgan fingerprint density at radius 2 is 0.982 bits per heavy atom. The predicted octanol–water partition coefficient (Wildman–Crippen LogP) is 15.1. The van der Waals surface area contributed by atoms with E-state index in [9.17, 15) is 0 Å². The molecule has 8 aromatic carbocycles. The summed E-state index contributed by atoms with van der Waals surface area (Å²) in [6, 6.07) is 61.8. The zero-order valence-corrected chi connectivity index (χ0v) is 32.8. The lowest BCUT2D eigenvalue weighted by Crippen LogP contribution is -2.15. The minimum absolute atomic E-state index is 0.0718. The van der Waals surface area contributed by atoms with E-state index in [1.807, 2.05) is 11.3 Å². The molecule has 0 saturated carbocycles. The van der Waals surface area contributed by atoms with Crippen LogP contribution in [0.2, 0.25) is 0 Å². The summed E-state index contributed by atoms with van der Waals surface area (Å²) in [7, 11) is 0. The Bertz CT molecular complexity index is 3300. The normalized spacial score (nSPS) is 14.7. The first-order valence-corrected chi connectivity index (χ1v) is 20.6. The fraction of sp³-hybridized carbons (Fsp3) is 0.111. The first-order chi connectivity index (χ1) is 27.3. The molecule has 0 fully saturated rings. The molecule has 266 valence electrons. The van der Waals surface area contributed by atoms with Crippen LogP contribution in [0, 0.1) is 0 Å². The van der Waals surface area contributed by atoms with Crippen molar-refractivity contribution >= 4 is 53.3 Å². The second-order valence-corrected chi connectivity index (χ2v) is 18.0. The molecule has 0 atom stereocenters. The van der Waals surface area contributed by atoms with Gasteiger partial charge in [-0.25, -0.2) is 0 Å². The first kappa shape index (κ1) is 32.1. The van der Waals surface area contributed by atoms with E-state index in [2.05, 4.69) is 196 Å². The average molecular weight is 734 g/mol. The monoisotopic (exact) mass is 733 g/mol. The van der Waals surface area contributed by atoms with Crippen LogP contribution < -0.4 is 0 Å². The lowest BCUT2D eigenvalue weighted by Gasteiger charge is -2.23. The number of hydrogen-bond acceptors (Lipinski definition) is 1. The quantitative estimate of drug-likeness (QED) is 0.170. The number of hydrogen-bond donors (Lipinski definition) is 0. The van der Waals surface area contributed by atoms with Gasteiger partial charge in [0, 0.05) is 47.5 Å². The number of nitrogens with zero attached hydrogens (tertiary/aromatic N) is 1. The van der Waals surface area contributed by atoms with E-state index in [0.29, 0.717) is 0 Å². The largest absolute Gasteiger partial charge is 0.309 e. The third-order valence-electron chi connectivity index (χ3n) is 13.2. The van der Waals surface area contributed by atoms with Crippen LogP contribution >= 0.6 is 11.3 Å². The van der Waals surface area contributed by atoms with Crippen molar-refractivity contribution in [2.24, 2.45) is 0 Å². The fourth-order valence-corrected chi connectivity index (χ4v) is 11.5. The summed E-state index contributed by atoms with van der Waals surface area (Å²) in [4.78, 5) is 0. The van der Waals surface area contributed by atoms with Crippen LogP contribution in [0.3, 0.4) is 0 Å². The minimum atomic E-state index is -0.129. The van der Waals surface area contributed by atoms with Crippen molar-refractivity contribution in [3.63, 3.8) is 0 Å². The molecule has 56 heavy (non-hydrogen) atoms. The summed E-state index contributed by atoms with van der Waals surface area (Å²) < 4.78 is 5.22. The summed E-state index contributed by atoms with van der Waals surface area (Å²) in [6.07, 6.45) is 0. The van der Waals surface area contributed by atoms with Gasteiger partial charge in [-0.2, -0.15) is 0 Å². The molecule has 2 aliphatic carbocycles. The van der Waals surface area contributed by atoms with E-state index in [-0.39, 0.29) is 10.8 Å². The fourth-order valence-electron chi connectivity index (χ4n) is 10.4. The topological polar surface area (TPSA) is 4.93 Å². The number of thiophene rings is 1. The number of benzene rings is 8. The molecular formula is C54H39NS. The molecule has 0 aliphatic heterocycles. The van der Waals surface area contributed by atoms with E-state index in [0.717, 1.165) is 0 Å². The Morgan fingerprint density at radius 1 is 0.393 bits per heavy atom. The Morgan fingerprint density at radius 3 is 1.79 bits per heavy atom. The number of rotatable bonds is 3. The van der Waals surface area contributed by atoms with Gasteiger partial charge in [-0.1, -0.05) is 137 Å². The van der Waals surface area contributed by atoms with E-state index < -0.39 is 0 Å². The molecule has 10 aromatic rings. The standard InChI is InChI=1S/C54H39NS/c1-53(2)44-16-10-8-14-37(44)38-23-21-36(31-46(38)53)55-47-25-19-33(32-12-6-5-7-13-32)28-42(47)43-29-34(20-26-48(43)55)35-18-22-39-40-24-27-50-51(41-15-9-11-17-49(41)56-50)52(40)54(3,4)45(39)30-35/h5-31H,1-4H3. The maximum absolute atomic E-state index is 2.49. The highest BCUT2D eigenvalue weighted by molar-refractivity contribution is 7.25. The van der Waals surface area contributed by atoms with Crippen molar-refractivity contribution in [2.75, 3.05) is 0 Å². The van der Waals surface area contributed by atoms with Crippen molar-refractivity contribution in [3.8, 4) is 50.2 Å². The molecule has 0 N–H and O–H groups in total. The summed E-state index contributed by atoms with van der Waals surface area (Å²) in [5, 5.41) is 5.34. The Hall–Kier alpha value is -6.22. The summed E-state index contributed by atoms with van der Waals surface area (Å²) in [6.45, 7) is 9.58. The maximum Gasteiger partial charge on any atom is 0.0541 e. The average Bonchev–Trinajstić information content (AvgIpc) is 3.91. The van der Waals surface area contributed by atoms with Gasteiger partial charge in [0.15, 0.2) is 0 Å². The van der Waals surface area contributed by atoms with E-state index in [4.69, 9.17) is 0 Å². The zero-order valence-electron chi connectivity index (χ0n) is 31.9. The van der Waals surface area contributed by atoms with Gasteiger partial charge in [0.1, 0.15) is 0 Å². The van der Waals surface area contributed by atoms with Gasteiger partial charge >= 0.3 is 0 Å². The Kier molecular flexibility index (Phi) is 6.40. The van der Waals surface area contributed by atoms with E-state index in [1.54, 1.807) is 0 Å². The van der Waals surface area contributed by atoms with Gasteiger partial charge in [-0.3, -0.25) is 0 Å². The van der Waals surface area contributed by atoms with Gasteiger partial charge < -0.3 is 4.57 Å². The summed E-state index contributed by atoms with van der Waals surface area (Å²) in [5.74, 6) is 0. The van der Waals surface area contributed by atoms with Crippen molar-refractivity contribution in [1.29, 1.82) is 0 Å². The molecule has 0 bridgehead atoms. The minimum Gasteiger partial charge on any atom is -0.309 e. The van der Waals surface area contributed by atoms with Crippen molar-refractivity contribution in [2.45, 2.75) is 38.5 Å². The lowest BCUT2D eigenvalue weighted by atomic mass is 9.80. The zero-order chi connectivity index (χ0) is 37.5. The van der Waals surface area contributed by atoms with Crippen molar-refractivity contribution in [3.05, 3.63) is 186 Å². The van der Waals surface area contributed by atoms with Gasteiger partial charge in [0.05, 0.1) is 11.0 Å². The van der Waals surface area contributed by atoms with Crippen molar-refractivity contribution in [1.82, 2.24) is 4.57 Å². The van der Waals surface area contributed by atoms with Gasteiger partial charge in [0.25, 0.3) is 0 Å². The smallest absolute Gasteiger partial charge is 0.0541 e. The third kappa shape index (κ3) is 4.25. The molecule has 2 aliphatic rings. The van der Waals surface area contributed by atoms with Gasteiger partial charge in [-0.05, 0) is 121 Å². The SMILES string of the molecule is CC1(C)c2ccccc2-c2ccc(-n3c4ccc(-c5ccccc5)cc4c4cc(-c5ccc6c(c5)C(C)(C)c5c-6ccc6sc7ccccc7c56)ccc43)cc21. The molecule has 2 heterocycles. The van der Waals surface area contributed by atoms with Crippen LogP contribution in [0.4, 0.5) is 0 Å². The molecule has 0 unspecified atom stereocenters. The molecule has 2 heteroatoms. The van der Waals surface area contributed by atoms with Gasteiger partial charge in [-0.15, -0.1) is 11.3 Å².